The van der Waals surface area contributed by atoms with Crippen molar-refractivity contribution in [3.05, 3.63) is 41.3 Å². The number of nitrogens with one attached hydrogen (secondary N) is 1. The Kier molecular flexibility index (Phi) is 5.87. The Morgan fingerprint density at radius 2 is 1.84 bits per heavy atom. The maximum absolute atomic E-state index is 12.3. The van der Waals surface area contributed by atoms with Crippen molar-refractivity contribution in [1.82, 2.24) is 0 Å². The minimum atomic E-state index is -1.01. The molecule has 1 heterocycles. The number of anilines is 1. The van der Waals surface area contributed by atoms with Crippen molar-refractivity contribution < 1.29 is 14.7 Å². The summed E-state index contributed by atoms with van der Waals surface area (Å²) in [5.41, 5.74) is 1.68. The van der Waals surface area contributed by atoms with Crippen molar-refractivity contribution >= 4 is 28.2 Å². The van der Waals surface area contributed by atoms with Crippen LogP contribution in [0.4, 0.5) is 5.00 Å². The van der Waals surface area contributed by atoms with Gasteiger partial charge in [-0.1, -0.05) is 62.4 Å². The van der Waals surface area contributed by atoms with Gasteiger partial charge in [-0.3, -0.25) is 4.79 Å². The smallest absolute Gasteiger partial charge is 0.339 e. The van der Waals surface area contributed by atoms with Gasteiger partial charge < -0.3 is 10.4 Å². The van der Waals surface area contributed by atoms with E-state index >= 15 is 0 Å². The maximum atomic E-state index is 12.3. The monoisotopic (exact) mass is 357 g/mol. The van der Waals surface area contributed by atoms with Gasteiger partial charge in [0.2, 0.25) is 5.91 Å². The Morgan fingerprint density at radius 3 is 2.52 bits per heavy atom. The Bertz CT molecular complexity index is 733. The first-order valence-corrected chi connectivity index (χ1v) is 9.73. The van der Waals surface area contributed by atoms with Gasteiger partial charge in [0.05, 0.1) is 0 Å². The van der Waals surface area contributed by atoms with Gasteiger partial charge in [-0.25, -0.2) is 4.79 Å². The molecule has 1 fully saturated rings. The van der Waals surface area contributed by atoms with E-state index in [0.717, 1.165) is 12.0 Å². The number of carbonyl (C=O) groups excluding carboxylic acids is 1. The number of hydrogen-bond acceptors (Lipinski definition) is 3. The lowest BCUT2D eigenvalue weighted by atomic mass is 9.86. The lowest BCUT2D eigenvalue weighted by Gasteiger charge is -2.20. The average Bonchev–Trinajstić information content (AvgIpc) is 3.05. The van der Waals surface area contributed by atoms with E-state index in [-0.39, 0.29) is 11.5 Å². The molecule has 2 aromatic rings. The van der Waals surface area contributed by atoms with Gasteiger partial charge in [-0.05, 0) is 17.9 Å². The summed E-state index contributed by atoms with van der Waals surface area (Å²) in [4.78, 5) is 24.0. The van der Waals surface area contributed by atoms with Crippen LogP contribution < -0.4 is 5.32 Å². The molecule has 4 nitrogen and oxygen atoms in total. The first kappa shape index (κ1) is 17.7. The first-order chi connectivity index (χ1) is 12.1. The van der Waals surface area contributed by atoms with Crippen LogP contribution in [0.1, 0.15) is 55.3 Å². The van der Waals surface area contributed by atoms with Crippen molar-refractivity contribution in [2.45, 2.75) is 44.9 Å². The van der Waals surface area contributed by atoms with Gasteiger partial charge in [-0.2, -0.15) is 0 Å². The van der Waals surface area contributed by atoms with E-state index < -0.39 is 5.97 Å². The number of aromatic carboxylic acids is 1. The van der Waals surface area contributed by atoms with Crippen LogP contribution in [0, 0.1) is 5.92 Å². The molecule has 1 amide bonds. The van der Waals surface area contributed by atoms with Crippen LogP contribution in [0.2, 0.25) is 0 Å². The van der Waals surface area contributed by atoms with Crippen LogP contribution in [-0.2, 0) is 4.79 Å². The summed E-state index contributed by atoms with van der Waals surface area (Å²) in [6.07, 6.45) is 7.62. The fourth-order valence-electron chi connectivity index (χ4n) is 3.49. The van der Waals surface area contributed by atoms with Crippen LogP contribution in [-0.4, -0.2) is 17.0 Å². The van der Waals surface area contributed by atoms with Crippen LogP contribution in [0.25, 0.3) is 11.1 Å². The van der Waals surface area contributed by atoms with Crippen molar-refractivity contribution in [3.63, 3.8) is 0 Å². The lowest BCUT2D eigenvalue weighted by Crippen LogP contribution is -2.15. The van der Waals surface area contributed by atoms with E-state index in [0.29, 0.717) is 22.9 Å². The normalized spacial score (nSPS) is 15.0. The highest BCUT2D eigenvalue weighted by Crippen LogP contribution is 2.36. The topological polar surface area (TPSA) is 66.4 Å². The standard InChI is InChI=1S/C20H23NO3S/c22-17(12-11-14-7-3-1-4-8-14)21-19-18(20(23)24)16(13-25-19)15-9-5-2-6-10-15/h2,5-6,9-10,13-14H,1,3-4,7-8,11-12H2,(H,21,22)(H,23,24). The van der Waals surface area contributed by atoms with Crippen molar-refractivity contribution in [1.29, 1.82) is 0 Å². The predicted molar refractivity (Wildman–Crippen MR) is 101 cm³/mol. The molecule has 1 aromatic carbocycles. The summed E-state index contributed by atoms with van der Waals surface area (Å²) in [5, 5.41) is 14.7. The van der Waals surface area contributed by atoms with Gasteiger partial charge in [0.25, 0.3) is 0 Å². The minimum Gasteiger partial charge on any atom is -0.478 e. The Labute approximate surface area is 151 Å². The van der Waals surface area contributed by atoms with E-state index in [1.54, 1.807) is 5.38 Å². The van der Waals surface area contributed by atoms with E-state index in [2.05, 4.69) is 5.32 Å². The Balaban J connectivity index is 1.68. The fourth-order valence-corrected chi connectivity index (χ4v) is 4.47. The summed E-state index contributed by atoms with van der Waals surface area (Å²) in [6, 6.07) is 9.40. The second-order valence-corrected chi connectivity index (χ2v) is 7.50. The van der Waals surface area contributed by atoms with E-state index in [9.17, 15) is 14.7 Å². The third kappa shape index (κ3) is 4.48. The van der Waals surface area contributed by atoms with Crippen LogP contribution in [0.3, 0.4) is 0 Å². The zero-order valence-electron chi connectivity index (χ0n) is 14.2. The highest BCUT2D eigenvalue weighted by Gasteiger charge is 2.21. The molecule has 132 valence electrons. The van der Waals surface area contributed by atoms with Crippen molar-refractivity contribution in [2.75, 3.05) is 5.32 Å². The Hall–Kier alpha value is -2.14. The number of carboxylic acids is 1. The second kappa shape index (κ2) is 8.30. The quantitative estimate of drug-likeness (QED) is 0.726. The average molecular weight is 357 g/mol. The summed E-state index contributed by atoms with van der Waals surface area (Å²) >= 11 is 1.28. The molecule has 1 saturated carbocycles. The number of amides is 1. The number of benzene rings is 1. The van der Waals surface area contributed by atoms with Gasteiger partial charge in [0.1, 0.15) is 10.6 Å². The van der Waals surface area contributed by atoms with Gasteiger partial charge >= 0.3 is 5.97 Å². The molecule has 2 N–H and O–H groups in total. The zero-order chi connectivity index (χ0) is 17.6. The molecule has 0 atom stereocenters. The lowest BCUT2D eigenvalue weighted by molar-refractivity contribution is -0.116. The van der Waals surface area contributed by atoms with Gasteiger partial charge in [-0.15, -0.1) is 11.3 Å². The molecule has 0 unspecified atom stereocenters. The van der Waals surface area contributed by atoms with Crippen LogP contribution in [0.5, 0.6) is 0 Å². The highest BCUT2D eigenvalue weighted by atomic mass is 32.1. The fraction of sp³-hybridized carbons (Fsp3) is 0.400. The number of carbonyl (C=O) groups is 2. The van der Waals surface area contributed by atoms with Crippen LogP contribution in [0.15, 0.2) is 35.7 Å². The molecule has 3 rings (SSSR count). The molecule has 0 spiro atoms. The third-order valence-corrected chi connectivity index (χ3v) is 5.74. The molecule has 1 aromatic heterocycles. The van der Waals surface area contributed by atoms with E-state index in [1.165, 1.54) is 43.4 Å². The molecule has 5 heteroatoms. The van der Waals surface area contributed by atoms with E-state index in [4.69, 9.17) is 0 Å². The zero-order valence-corrected chi connectivity index (χ0v) is 15.0. The largest absolute Gasteiger partial charge is 0.478 e. The summed E-state index contributed by atoms with van der Waals surface area (Å²) in [5.74, 6) is -0.459. The molecule has 1 aliphatic carbocycles. The van der Waals surface area contributed by atoms with Crippen LogP contribution >= 0.6 is 11.3 Å². The molecule has 25 heavy (non-hydrogen) atoms. The number of rotatable bonds is 6. The maximum Gasteiger partial charge on any atom is 0.339 e. The molecule has 0 aliphatic heterocycles. The SMILES string of the molecule is O=C(CCC1CCCCC1)Nc1scc(-c2ccccc2)c1C(=O)O. The van der Waals surface area contributed by atoms with Gasteiger partial charge in [0, 0.05) is 17.4 Å². The second-order valence-electron chi connectivity index (χ2n) is 6.62. The predicted octanol–water partition coefficient (Wildman–Crippen LogP) is 5.41. The number of thiophene rings is 1. The molecular weight excluding hydrogens is 334 g/mol. The highest BCUT2D eigenvalue weighted by molar-refractivity contribution is 7.15. The first-order valence-electron chi connectivity index (χ1n) is 8.85. The summed E-state index contributed by atoms with van der Waals surface area (Å²) in [7, 11) is 0. The summed E-state index contributed by atoms with van der Waals surface area (Å²) in [6.45, 7) is 0. The van der Waals surface area contributed by atoms with Crippen molar-refractivity contribution in [3.8, 4) is 11.1 Å². The molecular formula is C20H23NO3S. The number of hydrogen-bond donors (Lipinski definition) is 2. The molecule has 0 saturated heterocycles. The summed E-state index contributed by atoms with van der Waals surface area (Å²) < 4.78 is 0. The van der Waals surface area contributed by atoms with Crippen molar-refractivity contribution in [2.24, 2.45) is 5.92 Å². The minimum absolute atomic E-state index is 0.0884. The third-order valence-electron chi connectivity index (χ3n) is 4.85. The number of carboxylic acid groups (broad SMARTS) is 1. The van der Waals surface area contributed by atoms with E-state index in [1.807, 2.05) is 30.3 Å². The van der Waals surface area contributed by atoms with Gasteiger partial charge in [0.15, 0.2) is 0 Å². The Morgan fingerprint density at radius 1 is 1.12 bits per heavy atom. The molecule has 0 radical (unpaired) electrons. The molecule has 1 aliphatic rings. The molecule has 0 bridgehead atoms.